The van der Waals surface area contributed by atoms with Gasteiger partial charge in [-0.2, -0.15) is 10.2 Å². The first-order valence-corrected chi connectivity index (χ1v) is 7.72. The van der Waals surface area contributed by atoms with Gasteiger partial charge in [0.25, 0.3) is 5.95 Å². The second-order valence-electron chi connectivity index (χ2n) is 5.64. The van der Waals surface area contributed by atoms with Crippen LogP contribution in [0.15, 0.2) is 30.7 Å². The molecule has 0 N–H and O–H groups in total. The highest BCUT2D eigenvalue weighted by atomic mass is 16.5. The molecule has 122 valence electrons. The minimum absolute atomic E-state index is 0.502. The predicted molar refractivity (Wildman–Crippen MR) is 87.2 cm³/mol. The normalized spacial score (nSPS) is 13.7. The molecule has 4 heterocycles. The summed E-state index contributed by atoms with van der Waals surface area (Å²) in [7, 11) is 1.67. The van der Waals surface area contributed by atoms with Gasteiger partial charge in [-0.1, -0.05) is 0 Å². The summed E-state index contributed by atoms with van der Waals surface area (Å²) in [6.45, 7) is 3.54. The lowest BCUT2D eigenvalue weighted by Crippen LogP contribution is -2.32. The van der Waals surface area contributed by atoms with E-state index in [-0.39, 0.29) is 0 Å². The monoisotopic (exact) mass is 323 g/mol. The summed E-state index contributed by atoms with van der Waals surface area (Å²) in [4.78, 5) is 17.2. The van der Waals surface area contributed by atoms with Crippen LogP contribution in [0.25, 0.3) is 5.95 Å². The Kier molecular flexibility index (Phi) is 3.56. The molecule has 3 aromatic heterocycles. The molecule has 1 aliphatic heterocycles. The molecule has 0 amide bonds. The molecule has 0 spiro atoms. The summed E-state index contributed by atoms with van der Waals surface area (Å²) >= 11 is 0. The molecule has 0 aliphatic carbocycles. The van der Waals surface area contributed by atoms with Gasteiger partial charge in [-0.3, -0.25) is 0 Å². The Morgan fingerprint density at radius 3 is 2.75 bits per heavy atom. The van der Waals surface area contributed by atoms with Crippen LogP contribution in [0, 0.1) is 6.92 Å². The topological polar surface area (TPSA) is 81.9 Å². The van der Waals surface area contributed by atoms with Gasteiger partial charge in [0.1, 0.15) is 11.6 Å². The highest BCUT2D eigenvalue weighted by Gasteiger charge is 2.20. The lowest BCUT2D eigenvalue weighted by Gasteiger charge is -2.29. The third kappa shape index (κ3) is 2.66. The molecule has 8 nitrogen and oxygen atoms in total. The molecule has 0 bridgehead atoms. The van der Waals surface area contributed by atoms with Crippen molar-refractivity contribution in [3.63, 3.8) is 0 Å². The molecule has 0 radical (unpaired) electrons. The first kappa shape index (κ1) is 14.6. The number of aryl methyl sites for hydroxylation is 1. The van der Waals surface area contributed by atoms with E-state index in [0.717, 1.165) is 48.0 Å². The van der Waals surface area contributed by atoms with E-state index in [0.29, 0.717) is 5.95 Å². The van der Waals surface area contributed by atoms with E-state index >= 15 is 0 Å². The standard InChI is InChI=1S/C16H17N7O/c1-11-7-13(24-2)8-15(20-11)22-6-3-14-12(10-22)9-17-16(21-14)23-18-4-5-19-23/h4-5,7-9H,3,6,10H2,1-2H3. The Morgan fingerprint density at radius 2 is 1.96 bits per heavy atom. The van der Waals surface area contributed by atoms with Crippen LogP contribution >= 0.6 is 0 Å². The van der Waals surface area contributed by atoms with Crippen LogP contribution in [-0.2, 0) is 13.0 Å². The van der Waals surface area contributed by atoms with E-state index in [1.54, 1.807) is 19.5 Å². The van der Waals surface area contributed by atoms with Gasteiger partial charge in [0.05, 0.1) is 25.2 Å². The summed E-state index contributed by atoms with van der Waals surface area (Å²) in [5.74, 6) is 2.23. The maximum Gasteiger partial charge on any atom is 0.268 e. The van der Waals surface area contributed by atoms with E-state index in [1.807, 2.05) is 25.3 Å². The van der Waals surface area contributed by atoms with Crippen molar-refractivity contribution in [2.24, 2.45) is 0 Å². The van der Waals surface area contributed by atoms with Crippen molar-refractivity contribution in [1.82, 2.24) is 29.9 Å². The zero-order valence-corrected chi connectivity index (χ0v) is 13.5. The number of nitrogens with zero attached hydrogens (tertiary/aromatic N) is 7. The fraction of sp³-hybridized carbons (Fsp3) is 0.312. The van der Waals surface area contributed by atoms with Crippen molar-refractivity contribution in [2.75, 3.05) is 18.6 Å². The van der Waals surface area contributed by atoms with Crippen molar-refractivity contribution in [1.29, 1.82) is 0 Å². The molecule has 0 fully saturated rings. The van der Waals surface area contributed by atoms with E-state index in [1.165, 1.54) is 4.80 Å². The predicted octanol–water partition coefficient (Wildman–Crippen LogP) is 1.33. The zero-order valence-electron chi connectivity index (χ0n) is 13.5. The molecule has 0 unspecified atom stereocenters. The number of hydrogen-bond acceptors (Lipinski definition) is 7. The van der Waals surface area contributed by atoms with Crippen LogP contribution in [0.4, 0.5) is 5.82 Å². The minimum Gasteiger partial charge on any atom is -0.497 e. The van der Waals surface area contributed by atoms with Gasteiger partial charge in [-0.25, -0.2) is 15.0 Å². The second kappa shape index (κ2) is 5.88. The number of ether oxygens (including phenoxy) is 1. The van der Waals surface area contributed by atoms with Gasteiger partial charge in [0.15, 0.2) is 0 Å². The molecule has 4 rings (SSSR count). The first-order valence-electron chi connectivity index (χ1n) is 7.72. The SMILES string of the molecule is COc1cc(C)nc(N2CCc3nc(-n4nccn4)ncc3C2)c1. The maximum absolute atomic E-state index is 5.35. The maximum atomic E-state index is 5.35. The number of methoxy groups -OCH3 is 1. The Bertz CT molecular complexity index is 863. The van der Waals surface area contributed by atoms with Crippen LogP contribution in [0.1, 0.15) is 17.0 Å². The molecule has 0 atom stereocenters. The minimum atomic E-state index is 0.502. The summed E-state index contributed by atoms with van der Waals surface area (Å²) in [5, 5.41) is 8.15. The summed E-state index contributed by atoms with van der Waals surface area (Å²) in [5.41, 5.74) is 3.07. The summed E-state index contributed by atoms with van der Waals surface area (Å²) < 4.78 is 5.35. The number of anilines is 1. The van der Waals surface area contributed by atoms with Gasteiger partial charge in [0, 0.05) is 49.1 Å². The zero-order chi connectivity index (χ0) is 16.5. The van der Waals surface area contributed by atoms with Crippen LogP contribution in [0.3, 0.4) is 0 Å². The van der Waals surface area contributed by atoms with Gasteiger partial charge in [-0.15, -0.1) is 4.80 Å². The van der Waals surface area contributed by atoms with Crippen LogP contribution in [-0.4, -0.2) is 43.6 Å². The average molecular weight is 323 g/mol. The van der Waals surface area contributed by atoms with Crippen molar-refractivity contribution < 1.29 is 4.74 Å². The fourth-order valence-electron chi connectivity index (χ4n) is 2.82. The van der Waals surface area contributed by atoms with Crippen LogP contribution in [0.5, 0.6) is 5.75 Å². The van der Waals surface area contributed by atoms with E-state index < -0.39 is 0 Å². The molecular weight excluding hydrogens is 306 g/mol. The van der Waals surface area contributed by atoms with Gasteiger partial charge in [-0.05, 0) is 6.92 Å². The molecule has 3 aromatic rings. The number of fused-ring (bicyclic) bond motifs is 1. The highest BCUT2D eigenvalue weighted by molar-refractivity contribution is 5.47. The Balaban J connectivity index is 1.61. The number of rotatable bonds is 3. The van der Waals surface area contributed by atoms with Crippen LogP contribution in [0.2, 0.25) is 0 Å². The van der Waals surface area contributed by atoms with E-state index in [4.69, 9.17) is 4.74 Å². The van der Waals surface area contributed by atoms with Crippen molar-refractivity contribution in [3.05, 3.63) is 47.7 Å². The molecule has 1 aliphatic rings. The summed E-state index contributed by atoms with van der Waals surface area (Å²) in [6, 6.07) is 3.88. The quantitative estimate of drug-likeness (QED) is 0.719. The average Bonchev–Trinajstić information content (AvgIpc) is 3.15. The van der Waals surface area contributed by atoms with Gasteiger partial charge >= 0.3 is 0 Å². The molecule has 0 saturated carbocycles. The molecule has 24 heavy (non-hydrogen) atoms. The lowest BCUT2D eigenvalue weighted by atomic mass is 10.1. The molecular formula is C16H17N7O. The number of pyridine rings is 1. The molecule has 8 heteroatoms. The number of hydrogen-bond donors (Lipinski definition) is 0. The fourth-order valence-corrected chi connectivity index (χ4v) is 2.82. The van der Waals surface area contributed by atoms with Gasteiger partial charge in [0.2, 0.25) is 0 Å². The molecule has 0 aromatic carbocycles. The number of aromatic nitrogens is 6. The summed E-state index contributed by atoms with van der Waals surface area (Å²) in [6.07, 6.45) is 5.90. The molecule has 0 saturated heterocycles. The second-order valence-corrected chi connectivity index (χ2v) is 5.64. The third-order valence-corrected chi connectivity index (χ3v) is 3.99. The smallest absolute Gasteiger partial charge is 0.268 e. The third-order valence-electron chi connectivity index (χ3n) is 3.99. The van der Waals surface area contributed by atoms with Gasteiger partial charge < -0.3 is 9.64 Å². The largest absolute Gasteiger partial charge is 0.497 e. The first-order chi connectivity index (χ1) is 11.7. The van der Waals surface area contributed by atoms with Crippen molar-refractivity contribution in [3.8, 4) is 11.7 Å². The Labute approximate surface area is 139 Å². The van der Waals surface area contributed by atoms with Crippen molar-refractivity contribution >= 4 is 5.82 Å². The van der Waals surface area contributed by atoms with E-state index in [9.17, 15) is 0 Å². The van der Waals surface area contributed by atoms with Crippen LogP contribution < -0.4 is 9.64 Å². The highest BCUT2D eigenvalue weighted by Crippen LogP contribution is 2.25. The van der Waals surface area contributed by atoms with E-state index in [2.05, 4.69) is 30.0 Å². The van der Waals surface area contributed by atoms with Crippen molar-refractivity contribution in [2.45, 2.75) is 19.9 Å². The Morgan fingerprint density at radius 1 is 1.12 bits per heavy atom. The lowest BCUT2D eigenvalue weighted by molar-refractivity contribution is 0.413. The Hall–Kier alpha value is -3.03.